The molecule has 5 unspecified atom stereocenters. The molecule has 0 aliphatic carbocycles. The lowest BCUT2D eigenvalue weighted by atomic mass is 10.00. The zero-order chi connectivity index (χ0) is 16.0. The molecule has 1 rings (SSSR count). The van der Waals surface area contributed by atoms with E-state index in [0.717, 1.165) is 18.7 Å². The summed E-state index contributed by atoms with van der Waals surface area (Å²) in [5.74, 6) is -1.15. The topological polar surface area (TPSA) is 126 Å². The van der Waals surface area contributed by atoms with Crippen LogP contribution < -0.4 is 0 Å². The van der Waals surface area contributed by atoms with Crippen LogP contribution in [0, 0.1) is 11.3 Å². The van der Waals surface area contributed by atoms with Gasteiger partial charge in [0.2, 0.25) is 0 Å². The van der Waals surface area contributed by atoms with Gasteiger partial charge in [0, 0.05) is 13.8 Å². The minimum atomic E-state index is -1.40. The molecule has 1 heterocycles. The number of hydrogen-bond acceptors (Lipinski definition) is 9. The molecule has 8 nitrogen and oxygen atoms in total. The molecule has 0 spiro atoms. The molecule has 9 heteroatoms. The van der Waals surface area contributed by atoms with Gasteiger partial charge in [-0.1, -0.05) is 0 Å². The van der Waals surface area contributed by atoms with E-state index in [1.54, 1.807) is 0 Å². The second-order valence-corrected chi connectivity index (χ2v) is 5.46. The summed E-state index contributed by atoms with van der Waals surface area (Å²) in [5.41, 5.74) is -0.840. The van der Waals surface area contributed by atoms with Crippen LogP contribution in [-0.4, -0.2) is 64.4 Å². The third-order valence-corrected chi connectivity index (χ3v) is 3.71. The Morgan fingerprint density at radius 1 is 1.29 bits per heavy atom. The van der Waals surface area contributed by atoms with E-state index in [-0.39, 0.29) is 12.4 Å². The van der Waals surface area contributed by atoms with Gasteiger partial charge >= 0.3 is 11.9 Å². The van der Waals surface area contributed by atoms with Gasteiger partial charge < -0.3 is 24.4 Å². The molecule has 118 valence electrons. The highest BCUT2D eigenvalue weighted by Gasteiger charge is 2.46. The van der Waals surface area contributed by atoms with Crippen LogP contribution in [0.3, 0.4) is 0 Å². The van der Waals surface area contributed by atoms with E-state index in [1.807, 2.05) is 6.07 Å². The Kier molecular flexibility index (Phi) is 6.91. The summed E-state index contributed by atoms with van der Waals surface area (Å²) in [5, 5.41) is 28.6. The summed E-state index contributed by atoms with van der Waals surface area (Å²) in [7, 11) is 0. The highest BCUT2D eigenvalue weighted by molar-refractivity contribution is 8.00. The van der Waals surface area contributed by atoms with Crippen molar-refractivity contribution < 1.29 is 34.0 Å². The van der Waals surface area contributed by atoms with E-state index in [1.165, 1.54) is 6.92 Å². The Morgan fingerprint density at radius 2 is 1.95 bits per heavy atom. The maximum Gasteiger partial charge on any atom is 0.303 e. The predicted molar refractivity (Wildman–Crippen MR) is 70.9 cm³/mol. The van der Waals surface area contributed by atoms with Crippen LogP contribution in [0.25, 0.3) is 0 Å². The summed E-state index contributed by atoms with van der Waals surface area (Å²) in [6.45, 7) is 2.12. The van der Waals surface area contributed by atoms with Crippen LogP contribution in [0.15, 0.2) is 0 Å². The first-order valence-electron chi connectivity index (χ1n) is 6.17. The number of carbonyl (C=O) groups is 2. The lowest BCUT2D eigenvalue weighted by Crippen LogP contribution is -2.59. The predicted octanol–water partition coefficient (Wildman–Crippen LogP) is -0.815. The van der Waals surface area contributed by atoms with Crippen LogP contribution in [0.4, 0.5) is 0 Å². The number of rotatable bonds is 5. The lowest BCUT2D eigenvalue weighted by Gasteiger charge is -2.41. The van der Waals surface area contributed by atoms with Crippen molar-refractivity contribution in [3.05, 3.63) is 0 Å². The smallest absolute Gasteiger partial charge is 0.303 e. The second-order valence-electron chi connectivity index (χ2n) is 4.37. The summed E-state index contributed by atoms with van der Waals surface area (Å²) in [6.07, 6.45) is -4.86. The molecule has 1 aliphatic rings. The van der Waals surface area contributed by atoms with Gasteiger partial charge in [-0.2, -0.15) is 5.26 Å². The van der Waals surface area contributed by atoms with Gasteiger partial charge in [-0.15, -0.1) is 11.8 Å². The number of ether oxygens (including phenoxy) is 3. The van der Waals surface area contributed by atoms with Crippen LogP contribution >= 0.6 is 11.8 Å². The van der Waals surface area contributed by atoms with Crippen molar-refractivity contribution in [3.8, 4) is 6.07 Å². The Hall–Kier alpha value is -1.34. The van der Waals surface area contributed by atoms with E-state index in [9.17, 15) is 19.8 Å². The molecule has 0 aromatic heterocycles. The van der Waals surface area contributed by atoms with Crippen LogP contribution in [0.5, 0.6) is 0 Å². The number of nitrogens with zero attached hydrogens (tertiary/aromatic N) is 1. The maximum absolute atomic E-state index is 11.1. The van der Waals surface area contributed by atoms with Crippen molar-refractivity contribution in [1.82, 2.24) is 0 Å². The number of aliphatic hydroxyl groups excluding tert-OH is 2. The number of nitriles is 1. The maximum atomic E-state index is 11.1. The first kappa shape index (κ1) is 17.7. The Morgan fingerprint density at radius 3 is 2.48 bits per heavy atom. The van der Waals surface area contributed by atoms with Crippen molar-refractivity contribution in [3.63, 3.8) is 0 Å². The Balaban J connectivity index is 2.80. The minimum absolute atomic E-state index is 0.0472. The van der Waals surface area contributed by atoms with Crippen LogP contribution in [0.2, 0.25) is 0 Å². The minimum Gasteiger partial charge on any atom is -0.463 e. The Bertz CT molecular complexity index is 422. The summed E-state index contributed by atoms with van der Waals surface area (Å²) in [4.78, 5) is 21.9. The van der Waals surface area contributed by atoms with E-state index in [0.29, 0.717) is 0 Å². The van der Waals surface area contributed by atoms with E-state index < -0.39 is 41.8 Å². The van der Waals surface area contributed by atoms with Crippen molar-refractivity contribution in [2.75, 3.05) is 12.4 Å². The fourth-order valence-corrected chi connectivity index (χ4v) is 2.68. The molecule has 21 heavy (non-hydrogen) atoms. The molecule has 1 fully saturated rings. The number of carbonyl (C=O) groups excluding carboxylic acids is 2. The standard InChI is InChI=1S/C12H17NO7S/c1-6(14)18-5-8-9(16)10(17)11(19-7(2)15)12(20-8)21-4-3-13/h8-12,16-17H,4-5H2,1-2H3. The molecule has 0 radical (unpaired) electrons. The fraction of sp³-hybridized carbons (Fsp3) is 0.750. The van der Waals surface area contributed by atoms with E-state index in [4.69, 9.17) is 19.5 Å². The van der Waals surface area contributed by atoms with Gasteiger partial charge in [-0.25, -0.2) is 0 Å². The van der Waals surface area contributed by atoms with Crippen molar-refractivity contribution in [2.45, 2.75) is 43.7 Å². The van der Waals surface area contributed by atoms with Gasteiger partial charge in [0.15, 0.2) is 6.10 Å². The normalized spacial score (nSPS) is 32.0. The van der Waals surface area contributed by atoms with Crippen LogP contribution in [-0.2, 0) is 23.8 Å². The van der Waals surface area contributed by atoms with Crippen molar-refractivity contribution >= 4 is 23.7 Å². The number of esters is 2. The van der Waals surface area contributed by atoms with E-state index >= 15 is 0 Å². The summed E-state index contributed by atoms with van der Waals surface area (Å²) in [6, 6.07) is 1.89. The number of hydrogen-bond donors (Lipinski definition) is 2. The first-order chi connectivity index (χ1) is 9.86. The van der Waals surface area contributed by atoms with Crippen LogP contribution in [0.1, 0.15) is 13.8 Å². The van der Waals surface area contributed by atoms with Crippen molar-refractivity contribution in [2.24, 2.45) is 0 Å². The fourth-order valence-electron chi connectivity index (χ4n) is 1.81. The third kappa shape index (κ3) is 5.17. The Labute approximate surface area is 126 Å². The number of aliphatic hydroxyl groups is 2. The monoisotopic (exact) mass is 319 g/mol. The molecule has 1 aliphatic heterocycles. The molecular weight excluding hydrogens is 302 g/mol. The largest absolute Gasteiger partial charge is 0.463 e. The third-order valence-electron chi connectivity index (χ3n) is 2.71. The van der Waals surface area contributed by atoms with Gasteiger partial charge in [-0.05, 0) is 0 Å². The quantitative estimate of drug-likeness (QED) is 0.625. The second kappa shape index (κ2) is 8.19. The van der Waals surface area contributed by atoms with Crippen molar-refractivity contribution in [1.29, 1.82) is 5.26 Å². The van der Waals surface area contributed by atoms with E-state index in [2.05, 4.69) is 0 Å². The molecule has 0 bridgehead atoms. The molecular formula is C12H17NO7S. The molecule has 0 aromatic carbocycles. The summed E-state index contributed by atoms with van der Waals surface area (Å²) < 4.78 is 15.2. The van der Waals surface area contributed by atoms with Gasteiger partial charge in [0.25, 0.3) is 0 Å². The first-order valence-corrected chi connectivity index (χ1v) is 7.22. The zero-order valence-corrected chi connectivity index (χ0v) is 12.4. The molecule has 0 amide bonds. The SMILES string of the molecule is CC(=O)OCC1OC(SCC#N)C(OC(C)=O)C(O)C1O. The van der Waals surface area contributed by atoms with Gasteiger partial charge in [0.05, 0.1) is 11.8 Å². The lowest BCUT2D eigenvalue weighted by molar-refractivity contribution is -0.220. The molecule has 1 saturated heterocycles. The summed E-state index contributed by atoms with van der Waals surface area (Å²) >= 11 is 1.02. The zero-order valence-electron chi connectivity index (χ0n) is 11.6. The highest BCUT2D eigenvalue weighted by Crippen LogP contribution is 2.30. The average molecular weight is 319 g/mol. The van der Waals surface area contributed by atoms with Gasteiger partial charge in [0.1, 0.15) is 30.4 Å². The molecule has 0 saturated carbocycles. The average Bonchev–Trinajstić information content (AvgIpc) is 2.41. The highest BCUT2D eigenvalue weighted by atomic mass is 32.2. The van der Waals surface area contributed by atoms with Gasteiger partial charge in [-0.3, -0.25) is 9.59 Å². The molecule has 0 aromatic rings. The molecule has 5 atom stereocenters. The number of thioether (sulfide) groups is 1. The molecule has 2 N–H and O–H groups in total.